The first kappa shape index (κ1) is 15.1. The van der Waals surface area contributed by atoms with E-state index in [9.17, 15) is 8.42 Å². The minimum Gasteiger partial charge on any atom is -0.492 e. The Morgan fingerprint density at radius 3 is 2.80 bits per heavy atom. The molecule has 1 aliphatic rings. The molecule has 0 saturated carbocycles. The number of nitrogens with two attached hydrogens (primary N) is 1. The Balaban J connectivity index is 1.77. The average Bonchev–Trinajstić information content (AvgIpc) is 2.39. The minimum atomic E-state index is -3.32. The van der Waals surface area contributed by atoms with Gasteiger partial charge in [-0.25, -0.2) is 13.1 Å². The molecule has 20 heavy (non-hydrogen) atoms. The summed E-state index contributed by atoms with van der Waals surface area (Å²) in [6.07, 6.45) is 1.44. The second kappa shape index (κ2) is 6.92. The average molecular weight is 300 g/mol. The van der Waals surface area contributed by atoms with Gasteiger partial charge >= 0.3 is 0 Å². The lowest BCUT2D eigenvalue weighted by Crippen LogP contribution is -2.40. The fourth-order valence-corrected chi connectivity index (χ4v) is 3.17. The van der Waals surface area contributed by atoms with Crippen molar-refractivity contribution >= 4 is 15.7 Å². The van der Waals surface area contributed by atoms with Crippen LogP contribution in [0.25, 0.3) is 0 Å². The van der Waals surface area contributed by atoms with Crippen LogP contribution in [0.15, 0.2) is 24.3 Å². The number of rotatable bonds is 6. The van der Waals surface area contributed by atoms with E-state index >= 15 is 0 Å². The molecule has 0 aliphatic carbocycles. The summed E-state index contributed by atoms with van der Waals surface area (Å²) in [6, 6.07) is 6.89. The number of nitrogen functional groups attached to an aromatic ring is 1. The molecule has 112 valence electrons. The summed E-state index contributed by atoms with van der Waals surface area (Å²) in [4.78, 5) is 0. The predicted molar refractivity (Wildman–Crippen MR) is 77.1 cm³/mol. The smallest absolute Gasteiger partial charge is 0.215 e. The van der Waals surface area contributed by atoms with Crippen LogP contribution >= 0.6 is 0 Å². The van der Waals surface area contributed by atoms with Crippen LogP contribution in [0.4, 0.5) is 5.69 Å². The van der Waals surface area contributed by atoms with Gasteiger partial charge in [0.25, 0.3) is 0 Å². The van der Waals surface area contributed by atoms with E-state index in [0.29, 0.717) is 24.7 Å². The maximum Gasteiger partial charge on any atom is 0.215 e. The van der Waals surface area contributed by atoms with Gasteiger partial charge in [0, 0.05) is 31.0 Å². The molecule has 1 saturated heterocycles. The lowest BCUT2D eigenvalue weighted by molar-refractivity contribution is 0.0832. The molecule has 0 aromatic heterocycles. The number of hydrogen-bond acceptors (Lipinski definition) is 5. The number of anilines is 1. The first-order valence-corrected chi connectivity index (χ1v) is 8.26. The summed E-state index contributed by atoms with van der Waals surface area (Å²) in [7, 11) is -3.32. The lowest BCUT2D eigenvalue weighted by atomic mass is 10.1. The van der Waals surface area contributed by atoms with E-state index in [1.165, 1.54) is 0 Å². The van der Waals surface area contributed by atoms with E-state index in [1.54, 1.807) is 24.3 Å². The van der Waals surface area contributed by atoms with Crippen molar-refractivity contribution in [2.24, 2.45) is 0 Å². The molecular formula is C13H20N2O4S. The summed E-state index contributed by atoms with van der Waals surface area (Å²) in [5.74, 6) is 0.505. The summed E-state index contributed by atoms with van der Waals surface area (Å²) in [5.41, 5.74) is 6.21. The highest BCUT2D eigenvalue weighted by molar-refractivity contribution is 7.89. The van der Waals surface area contributed by atoms with Gasteiger partial charge < -0.3 is 15.2 Å². The summed E-state index contributed by atoms with van der Waals surface area (Å²) in [6.45, 7) is 1.31. The van der Waals surface area contributed by atoms with Crippen LogP contribution in [0.3, 0.4) is 0 Å². The standard InChI is InChI=1S/C13H20N2O4S/c14-11-2-1-3-13(10-11)19-8-9-20(16,17)15-12-4-6-18-7-5-12/h1-3,10,12,15H,4-9,14H2. The summed E-state index contributed by atoms with van der Waals surface area (Å²) in [5, 5.41) is 0. The van der Waals surface area contributed by atoms with Crippen molar-refractivity contribution in [1.29, 1.82) is 0 Å². The van der Waals surface area contributed by atoms with Gasteiger partial charge in [-0.3, -0.25) is 0 Å². The zero-order valence-corrected chi connectivity index (χ0v) is 12.1. The highest BCUT2D eigenvalue weighted by Crippen LogP contribution is 2.14. The van der Waals surface area contributed by atoms with Gasteiger partial charge in [-0.2, -0.15) is 0 Å². The molecule has 1 aliphatic heterocycles. The molecule has 1 aromatic carbocycles. The van der Waals surface area contributed by atoms with E-state index in [-0.39, 0.29) is 18.4 Å². The lowest BCUT2D eigenvalue weighted by Gasteiger charge is -2.22. The van der Waals surface area contributed by atoms with Crippen LogP contribution in [0, 0.1) is 0 Å². The summed E-state index contributed by atoms with van der Waals surface area (Å²) >= 11 is 0. The highest BCUT2D eigenvalue weighted by atomic mass is 32.2. The van der Waals surface area contributed by atoms with Crippen LogP contribution in [0.2, 0.25) is 0 Å². The fourth-order valence-electron chi connectivity index (χ4n) is 2.00. The van der Waals surface area contributed by atoms with Crippen LogP contribution in [0.1, 0.15) is 12.8 Å². The topological polar surface area (TPSA) is 90.7 Å². The maximum absolute atomic E-state index is 11.9. The predicted octanol–water partition coefficient (Wildman–Crippen LogP) is 0.746. The SMILES string of the molecule is Nc1cccc(OCCS(=O)(=O)NC2CCOCC2)c1. The molecule has 0 radical (unpaired) electrons. The zero-order valence-electron chi connectivity index (χ0n) is 11.2. The molecule has 1 fully saturated rings. The first-order valence-electron chi connectivity index (χ1n) is 6.61. The number of nitrogens with one attached hydrogen (secondary N) is 1. The number of sulfonamides is 1. The molecule has 1 aromatic rings. The van der Waals surface area contributed by atoms with Crippen LogP contribution < -0.4 is 15.2 Å². The molecule has 3 N–H and O–H groups in total. The van der Waals surface area contributed by atoms with Crippen LogP contribution in [-0.2, 0) is 14.8 Å². The van der Waals surface area contributed by atoms with Gasteiger partial charge in [-0.15, -0.1) is 0 Å². The van der Waals surface area contributed by atoms with Crippen molar-refractivity contribution in [3.63, 3.8) is 0 Å². The first-order chi connectivity index (χ1) is 9.55. The van der Waals surface area contributed by atoms with Crippen molar-refractivity contribution in [3.05, 3.63) is 24.3 Å². The van der Waals surface area contributed by atoms with E-state index in [1.807, 2.05) is 0 Å². The van der Waals surface area contributed by atoms with Crippen LogP contribution in [0.5, 0.6) is 5.75 Å². The van der Waals surface area contributed by atoms with E-state index in [4.69, 9.17) is 15.2 Å². The normalized spacial score (nSPS) is 17.0. The second-order valence-corrected chi connectivity index (χ2v) is 6.62. The highest BCUT2D eigenvalue weighted by Gasteiger charge is 2.20. The third kappa shape index (κ3) is 4.99. The Morgan fingerprint density at radius 1 is 1.35 bits per heavy atom. The molecule has 0 bridgehead atoms. The van der Waals surface area contributed by atoms with E-state index < -0.39 is 10.0 Å². The quantitative estimate of drug-likeness (QED) is 0.756. The molecule has 0 unspecified atom stereocenters. The van der Waals surface area contributed by atoms with Crippen LogP contribution in [-0.4, -0.2) is 40.0 Å². The van der Waals surface area contributed by atoms with Gasteiger partial charge in [0.1, 0.15) is 12.4 Å². The van der Waals surface area contributed by atoms with E-state index in [2.05, 4.69) is 4.72 Å². The molecule has 1 heterocycles. The number of hydrogen-bond donors (Lipinski definition) is 2. The third-order valence-electron chi connectivity index (χ3n) is 3.05. The Labute approximate surface area is 119 Å². The Bertz CT molecular complexity index is 527. The largest absolute Gasteiger partial charge is 0.492 e. The maximum atomic E-state index is 11.9. The van der Waals surface area contributed by atoms with Crippen molar-refractivity contribution in [2.45, 2.75) is 18.9 Å². The van der Waals surface area contributed by atoms with Gasteiger partial charge in [0.2, 0.25) is 10.0 Å². The monoisotopic (exact) mass is 300 g/mol. The van der Waals surface area contributed by atoms with Gasteiger partial charge in [-0.05, 0) is 25.0 Å². The summed E-state index contributed by atoms with van der Waals surface area (Å²) < 4.78 is 37.1. The van der Waals surface area contributed by atoms with Crippen molar-refractivity contribution in [3.8, 4) is 5.75 Å². The molecule has 6 nitrogen and oxygen atoms in total. The zero-order chi connectivity index (χ0) is 14.4. The molecule has 7 heteroatoms. The minimum absolute atomic E-state index is 0.0267. The van der Waals surface area contributed by atoms with Crippen molar-refractivity contribution < 1.29 is 17.9 Å². The van der Waals surface area contributed by atoms with Gasteiger partial charge in [0.05, 0.1) is 5.75 Å². The van der Waals surface area contributed by atoms with Gasteiger partial charge in [-0.1, -0.05) is 6.07 Å². The van der Waals surface area contributed by atoms with Crippen molar-refractivity contribution in [1.82, 2.24) is 4.72 Å². The third-order valence-corrected chi connectivity index (χ3v) is 4.44. The Kier molecular flexibility index (Phi) is 5.22. The number of benzene rings is 1. The molecule has 2 rings (SSSR count). The number of ether oxygens (including phenoxy) is 2. The van der Waals surface area contributed by atoms with Crippen molar-refractivity contribution in [2.75, 3.05) is 31.3 Å². The Hall–Kier alpha value is -1.31. The Morgan fingerprint density at radius 2 is 2.10 bits per heavy atom. The fraction of sp³-hybridized carbons (Fsp3) is 0.538. The molecule has 0 amide bonds. The van der Waals surface area contributed by atoms with Gasteiger partial charge in [0.15, 0.2) is 0 Å². The molecular weight excluding hydrogens is 280 g/mol. The molecule has 0 spiro atoms. The second-order valence-electron chi connectivity index (χ2n) is 4.74. The molecule has 0 atom stereocenters. The van der Waals surface area contributed by atoms with E-state index in [0.717, 1.165) is 12.8 Å².